The predicted molar refractivity (Wildman–Crippen MR) is 71.5 cm³/mol. The number of benzene rings is 1. The molecule has 0 radical (unpaired) electrons. The number of nitrogens with zero attached hydrogens (tertiary/aromatic N) is 2. The molecular formula is C14H17N3O. The van der Waals surface area contributed by atoms with Crippen molar-refractivity contribution < 1.29 is 4.74 Å². The maximum absolute atomic E-state index is 6.14. The summed E-state index contributed by atoms with van der Waals surface area (Å²) in [5, 5.41) is 0. The van der Waals surface area contributed by atoms with Gasteiger partial charge < -0.3 is 15.0 Å². The third-order valence-corrected chi connectivity index (χ3v) is 3.21. The van der Waals surface area contributed by atoms with Crippen molar-refractivity contribution in [3.05, 3.63) is 30.6 Å². The van der Waals surface area contributed by atoms with Crippen LogP contribution in [0.25, 0.3) is 11.3 Å². The Kier molecular flexibility index (Phi) is 2.70. The second kappa shape index (κ2) is 4.37. The molecule has 1 aromatic carbocycles. The van der Waals surface area contributed by atoms with Crippen molar-refractivity contribution in [1.82, 2.24) is 9.55 Å². The monoisotopic (exact) mass is 243 g/mol. The maximum atomic E-state index is 6.14. The lowest BCUT2D eigenvalue weighted by Crippen LogP contribution is -1.99. The molecule has 0 saturated heterocycles. The Morgan fingerprint density at radius 2 is 2.06 bits per heavy atom. The van der Waals surface area contributed by atoms with Gasteiger partial charge in [0.2, 0.25) is 0 Å². The molecule has 0 unspecified atom stereocenters. The van der Waals surface area contributed by atoms with Crippen LogP contribution in [0.3, 0.4) is 0 Å². The minimum Gasteiger partial charge on any atom is -0.494 e. The van der Waals surface area contributed by atoms with Crippen LogP contribution in [0, 0.1) is 0 Å². The zero-order chi connectivity index (χ0) is 12.5. The topological polar surface area (TPSA) is 53.1 Å². The highest BCUT2D eigenvalue weighted by Crippen LogP contribution is 2.39. The molecule has 1 heterocycles. The maximum Gasteiger partial charge on any atom is 0.131 e. The smallest absolute Gasteiger partial charge is 0.131 e. The first-order chi connectivity index (χ1) is 8.79. The lowest BCUT2D eigenvalue weighted by atomic mass is 10.1. The van der Waals surface area contributed by atoms with Gasteiger partial charge in [0.15, 0.2) is 0 Å². The Balaban J connectivity index is 1.89. The fourth-order valence-electron chi connectivity index (χ4n) is 2.11. The molecule has 94 valence electrons. The standard InChI is InChI=1S/C14H17N3O/c1-2-18-12-7-3-10(4-8-12)13-14(15)17(9-16-13)11-5-6-11/h3-4,7-9,11H,2,5-6,15H2,1H3. The summed E-state index contributed by atoms with van der Waals surface area (Å²) in [6, 6.07) is 8.47. The molecule has 0 spiro atoms. The van der Waals surface area contributed by atoms with Gasteiger partial charge in [-0.25, -0.2) is 4.98 Å². The molecule has 1 aliphatic carbocycles. The summed E-state index contributed by atoms with van der Waals surface area (Å²) in [7, 11) is 0. The van der Waals surface area contributed by atoms with Gasteiger partial charge in [-0.15, -0.1) is 0 Å². The average Bonchev–Trinajstić information content (AvgIpc) is 3.15. The van der Waals surface area contributed by atoms with Crippen molar-refractivity contribution in [2.75, 3.05) is 12.3 Å². The zero-order valence-electron chi connectivity index (χ0n) is 10.5. The number of imidazole rings is 1. The average molecular weight is 243 g/mol. The third kappa shape index (κ3) is 1.94. The summed E-state index contributed by atoms with van der Waals surface area (Å²) in [6.07, 6.45) is 4.27. The highest BCUT2D eigenvalue weighted by Gasteiger charge is 2.26. The van der Waals surface area contributed by atoms with Crippen molar-refractivity contribution in [2.45, 2.75) is 25.8 Å². The van der Waals surface area contributed by atoms with E-state index in [2.05, 4.69) is 9.55 Å². The summed E-state index contributed by atoms with van der Waals surface area (Å²) < 4.78 is 7.50. The fourth-order valence-corrected chi connectivity index (χ4v) is 2.11. The molecule has 2 N–H and O–H groups in total. The van der Waals surface area contributed by atoms with E-state index >= 15 is 0 Å². The Bertz CT molecular complexity index is 541. The summed E-state index contributed by atoms with van der Waals surface area (Å²) in [5.74, 6) is 1.64. The molecule has 0 amide bonds. The van der Waals surface area contributed by atoms with Crippen LogP contribution in [0.15, 0.2) is 30.6 Å². The highest BCUT2D eigenvalue weighted by molar-refractivity contribution is 5.71. The van der Waals surface area contributed by atoms with Gasteiger partial charge in [-0.05, 0) is 44.0 Å². The van der Waals surface area contributed by atoms with E-state index in [1.165, 1.54) is 12.8 Å². The minimum absolute atomic E-state index is 0.564. The molecule has 4 nitrogen and oxygen atoms in total. The number of nitrogen functional groups attached to an aromatic ring is 1. The number of nitrogens with two attached hydrogens (primary N) is 1. The second-order valence-corrected chi connectivity index (χ2v) is 4.57. The van der Waals surface area contributed by atoms with E-state index in [4.69, 9.17) is 10.5 Å². The normalized spacial score (nSPS) is 14.7. The van der Waals surface area contributed by atoms with Gasteiger partial charge in [0.25, 0.3) is 0 Å². The van der Waals surface area contributed by atoms with Gasteiger partial charge in [-0.2, -0.15) is 0 Å². The molecule has 1 fully saturated rings. The van der Waals surface area contributed by atoms with Crippen molar-refractivity contribution in [3.8, 4) is 17.0 Å². The zero-order valence-corrected chi connectivity index (χ0v) is 10.5. The van der Waals surface area contributed by atoms with E-state index < -0.39 is 0 Å². The summed E-state index contributed by atoms with van der Waals surface area (Å²) in [4.78, 5) is 4.42. The highest BCUT2D eigenvalue weighted by atomic mass is 16.5. The number of hydrogen-bond acceptors (Lipinski definition) is 3. The first-order valence-corrected chi connectivity index (χ1v) is 6.35. The van der Waals surface area contributed by atoms with E-state index in [0.29, 0.717) is 12.6 Å². The van der Waals surface area contributed by atoms with E-state index in [1.807, 2.05) is 37.5 Å². The summed E-state index contributed by atoms with van der Waals surface area (Å²) >= 11 is 0. The van der Waals surface area contributed by atoms with Crippen LogP contribution in [0.5, 0.6) is 5.75 Å². The van der Waals surface area contributed by atoms with Crippen molar-refractivity contribution in [2.24, 2.45) is 0 Å². The number of ether oxygens (including phenoxy) is 1. The molecule has 1 aliphatic rings. The first-order valence-electron chi connectivity index (χ1n) is 6.35. The van der Waals surface area contributed by atoms with Gasteiger partial charge in [-0.1, -0.05) is 0 Å². The van der Waals surface area contributed by atoms with Crippen LogP contribution >= 0.6 is 0 Å². The lowest BCUT2D eigenvalue weighted by molar-refractivity contribution is 0.340. The van der Waals surface area contributed by atoms with E-state index in [1.54, 1.807) is 0 Å². The summed E-state index contributed by atoms with van der Waals surface area (Å²) in [6.45, 7) is 2.65. The lowest BCUT2D eigenvalue weighted by Gasteiger charge is -2.05. The number of rotatable bonds is 4. The number of anilines is 1. The van der Waals surface area contributed by atoms with Gasteiger partial charge in [0.05, 0.1) is 12.9 Å². The molecule has 3 rings (SSSR count). The first kappa shape index (κ1) is 11.1. The van der Waals surface area contributed by atoms with Crippen molar-refractivity contribution in [3.63, 3.8) is 0 Å². The Hall–Kier alpha value is -1.97. The van der Waals surface area contributed by atoms with E-state index in [9.17, 15) is 0 Å². The molecular weight excluding hydrogens is 226 g/mol. The molecule has 0 atom stereocenters. The molecule has 1 aromatic heterocycles. The molecule has 18 heavy (non-hydrogen) atoms. The quantitative estimate of drug-likeness (QED) is 0.898. The van der Waals surface area contributed by atoms with Gasteiger partial charge in [-0.3, -0.25) is 0 Å². The van der Waals surface area contributed by atoms with E-state index in [0.717, 1.165) is 22.8 Å². The number of aromatic nitrogens is 2. The molecule has 0 bridgehead atoms. The van der Waals surface area contributed by atoms with E-state index in [-0.39, 0.29) is 0 Å². The van der Waals surface area contributed by atoms with Gasteiger partial charge in [0.1, 0.15) is 17.3 Å². The predicted octanol–water partition coefficient (Wildman–Crippen LogP) is 2.87. The van der Waals surface area contributed by atoms with Crippen LogP contribution in [-0.2, 0) is 0 Å². The molecule has 4 heteroatoms. The molecule has 2 aromatic rings. The second-order valence-electron chi connectivity index (χ2n) is 4.57. The van der Waals surface area contributed by atoms with Crippen LogP contribution < -0.4 is 10.5 Å². The molecule has 0 aliphatic heterocycles. The summed E-state index contributed by atoms with van der Waals surface area (Å²) in [5.41, 5.74) is 8.05. The Labute approximate surface area is 106 Å². The Morgan fingerprint density at radius 1 is 1.33 bits per heavy atom. The Morgan fingerprint density at radius 3 is 2.67 bits per heavy atom. The van der Waals surface area contributed by atoms with Crippen LogP contribution in [0.2, 0.25) is 0 Å². The third-order valence-electron chi connectivity index (χ3n) is 3.21. The largest absolute Gasteiger partial charge is 0.494 e. The van der Waals surface area contributed by atoms with Crippen molar-refractivity contribution in [1.29, 1.82) is 0 Å². The fraction of sp³-hybridized carbons (Fsp3) is 0.357. The van der Waals surface area contributed by atoms with Crippen LogP contribution in [-0.4, -0.2) is 16.2 Å². The SMILES string of the molecule is CCOc1ccc(-c2ncn(C3CC3)c2N)cc1. The van der Waals surface area contributed by atoms with Gasteiger partial charge >= 0.3 is 0 Å². The molecule has 1 saturated carbocycles. The van der Waals surface area contributed by atoms with Crippen LogP contribution in [0.4, 0.5) is 5.82 Å². The van der Waals surface area contributed by atoms with Gasteiger partial charge in [0, 0.05) is 11.6 Å². The van der Waals surface area contributed by atoms with Crippen LogP contribution in [0.1, 0.15) is 25.8 Å². The number of hydrogen-bond donors (Lipinski definition) is 1. The minimum atomic E-state index is 0.564. The van der Waals surface area contributed by atoms with Crippen molar-refractivity contribution >= 4 is 5.82 Å².